The first-order valence-electron chi connectivity index (χ1n) is 36.4. The summed E-state index contributed by atoms with van der Waals surface area (Å²) in [6.45, 7) is 4.88. The highest BCUT2D eigenvalue weighted by Crippen LogP contribution is 2.46. The summed E-state index contributed by atoms with van der Waals surface area (Å²) in [4.78, 5) is 121. The number of aliphatic hydroxyl groups excluding tert-OH is 9. The molecule has 626 valence electrons. The zero-order chi connectivity index (χ0) is 79.8. The number of nitrogens with zero attached hydrogens (tertiary/aromatic N) is 3. The van der Waals surface area contributed by atoms with Crippen LogP contribution in [-0.4, -0.2) is 396 Å². The molecular weight excluding hydrogens is 1480 g/mol. The molecule has 4 heterocycles. The van der Waals surface area contributed by atoms with Gasteiger partial charge in [0.1, 0.15) is 73.1 Å². The highest BCUT2D eigenvalue weighted by molar-refractivity contribution is 8.08. The number of aliphatic hydroxyl groups is 9. The molecular formula is C66H119N9O31PS-. The van der Waals surface area contributed by atoms with Crippen LogP contribution < -0.4 is 36.8 Å². The van der Waals surface area contributed by atoms with E-state index in [0.29, 0.717) is 25.9 Å². The maximum absolute atomic E-state index is 14.1. The van der Waals surface area contributed by atoms with Gasteiger partial charge in [0.25, 0.3) is 0 Å². The van der Waals surface area contributed by atoms with Crippen LogP contribution in [0.15, 0.2) is 0 Å². The van der Waals surface area contributed by atoms with E-state index in [0.717, 1.165) is 0 Å². The number of rotatable bonds is 53. The highest BCUT2D eigenvalue weighted by atomic mass is 32.5. The minimum atomic E-state index is -3.30. The fourth-order valence-corrected chi connectivity index (χ4v) is 15.2. The van der Waals surface area contributed by atoms with Crippen LogP contribution in [-0.2, 0) is 112 Å². The third-order valence-corrected chi connectivity index (χ3v) is 19.6. The van der Waals surface area contributed by atoms with Gasteiger partial charge in [0, 0.05) is 79.4 Å². The monoisotopic (exact) mass is 1600 g/mol. The van der Waals surface area contributed by atoms with Crippen molar-refractivity contribution in [3.8, 4) is 0 Å². The minimum Gasteiger partial charge on any atom is -0.801 e. The topological polar surface area (TPSA) is 544 Å². The van der Waals surface area contributed by atoms with Gasteiger partial charge in [-0.2, -0.15) is 0 Å². The summed E-state index contributed by atoms with van der Waals surface area (Å²) < 4.78 is 73.0. The second-order valence-corrected chi connectivity index (χ2v) is 30.8. The smallest absolute Gasteiger partial charge is 0.239 e. The molecule has 4 aliphatic heterocycles. The van der Waals surface area contributed by atoms with Gasteiger partial charge >= 0.3 is 0 Å². The van der Waals surface area contributed by atoms with E-state index in [1.807, 2.05) is 20.8 Å². The quantitative estimate of drug-likeness (QED) is 0.0199. The first kappa shape index (κ1) is 95.8. The zero-order valence-corrected chi connectivity index (χ0v) is 64.4. The number of likely N-dealkylation sites (tertiary alicyclic amines) is 1. The molecule has 108 heavy (non-hydrogen) atoms. The molecule has 0 aromatic carbocycles. The van der Waals surface area contributed by atoms with Crippen LogP contribution in [0.1, 0.15) is 80.1 Å². The molecule has 8 amide bonds. The fourth-order valence-electron chi connectivity index (χ4n) is 11.8. The van der Waals surface area contributed by atoms with Gasteiger partial charge in [-0.3, -0.25) is 43.3 Å². The van der Waals surface area contributed by atoms with Gasteiger partial charge < -0.3 is 154 Å². The van der Waals surface area contributed by atoms with Crippen molar-refractivity contribution in [2.75, 3.05) is 191 Å². The molecule has 4 saturated heterocycles. The molecule has 0 aromatic rings. The maximum atomic E-state index is 14.1. The standard InChI is InChI=1S/C66H120N9O31PS/c1-42(79)70-54-60(90)57(87)46(38-76)103-63(54)100-32-29-97-26-23-94-20-13-67-49(82)35-73(36-50(83)68-14-21-95-24-27-98-30-33-101-64-55(71-43(2)80)61(91)58(88)47(39-77)104-64)16-8-17-75(53(86)10-7-9-52(85)74-18-11-45(12-19-74)106-107(93,108)41-66(4,5)6)37-51(84)69-15-22-96-25-28-99-31-34-102-65-56(72-44(3)81)62(92)59(89)48(40-78)105-65/h45-48,54-65,76-78,87-92H,7-41H2,1-6H3,(H,67,82)(H,68,83)(H,69,84)(H,70,79)(H,71,80)(H,72,81)(H,93,108)/p-1. The first-order chi connectivity index (χ1) is 51.4. The molecule has 4 rings (SSSR count). The Balaban J connectivity index is 1.31. The molecule has 0 radical (unpaired) electrons. The van der Waals surface area contributed by atoms with Crippen LogP contribution in [0.5, 0.6) is 0 Å². The van der Waals surface area contributed by atoms with Crippen molar-refractivity contribution >= 4 is 65.6 Å². The Morgan fingerprint density at radius 1 is 0.491 bits per heavy atom. The SMILES string of the molecule is CC(=O)NC1C(OCCOCCOCCNC(=O)CN(CCCN(CC(=O)NCCOCCOCCOC2OC(CO)C(O)C(O)C2NC(C)=O)C(=O)CCCC(=O)N2CCC(OP([O-])(=S)CC(C)(C)C)CC2)CC(=O)NCCOCCOCCOC2OC(CO)C(O)C(O)C2NC(C)=O)OC(CO)C(O)C1O. The molecule has 0 saturated carbocycles. The molecule has 4 aliphatic rings. The van der Waals surface area contributed by atoms with Gasteiger partial charge in [-0.25, -0.2) is 0 Å². The summed E-state index contributed by atoms with van der Waals surface area (Å²) >= 11 is 5.33. The number of hydrogen-bond acceptors (Lipinski definition) is 33. The van der Waals surface area contributed by atoms with Gasteiger partial charge in [0.15, 0.2) is 18.9 Å². The van der Waals surface area contributed by atoms with Crippen molar-refractivity contribution in [1.29, 1.82) is 0 Å². The second-order valence-electron chi connectivity index (χ2n) is 27.4. The summed E-state index contributed by atoms with van der Waals surface area (Å²) in [6.07, 6.45) is -15.0. The van der Waals surface area contributed by atoms with Gasteiger partial charge in [-0.05, 0) is 43.8 Å². The van der Waals surface area contributed by atoms with E-state index in [1.165, 1.54) is 25.7 Å². The highest BCUT2D eigenvalue weighted by Gasteiger charge is 2.48. The predicted octanol–water partition coefficient (Wildman–Crippen LogP) is -8.27. The number of nitrogens with one attached hydrogen (secondary N) is 6. The lowest BCUT2D eigenvalue weighted by molar-refractivity contribution is -0.272. The van der Waals surface area contributed by atoms with Crippen LogP contribution in [0.4, 0.5) is 0 Å². The number of carbonyl (C=O) groups is 8. The lowest BCUT2D eigenvalue weighted by Gasteiger charge is -2.42. The van der Waals surface area contributed by atoms with Crippen LogP contribution in [0.25, 0.3) is 0 Å². The Labute approximate surface area is 634 Å². The van der Waals surface area contributed by atoms with Crippen molar-refractivity contribution in [2.45, 2.75) is 178 Å². The molecule has 15 N–H and O–H groups in total. The average molecular weight is 1600 g/mol. The first-order valence-corrected chi connectivity index (χ1v) is 39.3. The number of piperidine rings is 1. The van der Waals surface area contributed by atoms with Crippen molar-refractivity contribution < 1.29 is 151 Å². The lowest BCUT2D eigenvalue weighted by Crippen LogP contribution is -2.64. The summed E-state index contributed by atoms with van der Waals surface area (Å²) in [6, 6.07) is -3.37. The Hall–Kier alpha value is -4.55. The normalized spacial score (nSPS) is 26.1. The van der Waals surface area contributed by atoms with Gasteiger partial charge in [0.2, 0.25) is 47.3 Å². The largest absolute Gasteiger partial charge is 0.801 e. The lowest BCUT2D eigenvalue weighted by atomic mass is 9.97. The number of hydrogen-bond donors (Lipinski definition) is 15. The summed E-state index contributed by atoms with van der Waals surface area (Å²) in [7, 11) is 0. The van der Waals surface area contributed by atoms with E-state index in [-0.39, 0.29) is 194 Å². The molecule has 16 atom stereocenters. The fraction of sp³-hybridized carbons (Fsp3) is 0.879. The van der Waals surface area contributed by atoms with E-state index in [1.54, 1.807) is 9.80 Å². The van der Waals surface area contributed by atoms with E-state index in [2.05, 4.69) is 31.9 Å². The van der Waals surface area contributed by atoms with E-state index in [4.69, 9.17) is 73.2 Å². The van der Waals surface area contributed by atoms with Gasteiger partial charge in [-0.15, -0.1) is 0 Å². The average Bonchev–Trinajstić information content (AvgIpc) is 0.816. The van der Waals surface area contributed by atoms with Crippen LogP contribution >= 0.6 is 6.49 Å². The minimum absolute atomic E-state index is 0.0187. The van der Waals surface area contributed by atoms with Gasteiger partial charge in [0.05, 0.1) is 145 Å². The summed E-state index contributed by atoms with van der Waals surface area (Å²) in [5, 5.41) is 107. The van der Waals surface area contributed by atoms with Gasteiger partial charge in [-0.1, -0.05) is 32.6 Å². The number of ether oxygens (including phenoxy) is 12. The predicted molar refractivity (Wildman–Crippen MR) is 379 cm³/mol. The molecule has 16 unspecified atom stereocenters. The Kier molecular flexibility index (Phi) is 46.1. The zero-order valence-electron chi connectivity index (χ0n) is 62.7. The van der Waals surface area contributed by atoms with E-state index < -0.39 is 166 Å². The maximum Gasteiger partial charge on any atom is 0.239 e. The molecule has 0 bridgehead atoms. The van der Waals surface area contributed by atoms with Crippen LogP contribution in [0, 0.1) is 5.41 Å². The molecule has 40 nitrogen and oxygen atoms in total. The molecule has 4 fully saturated rings. The summed E-state index contributed by atoms with van der Waals surface area (Å²) in [5.41, 5.74) is -0.299. The third kappa shape index (κ3) is 37.4. The molecule has 0 aromatic heterocycles. The second kappa shape index (κ2) is 52.0. The van der Waals surface area contributed by atoms with Crippen molar-refractivity contribution in [2.24, 2.45) is 5.41 Å². The Morgan fingerprint density at radius 2 is 0.833 bits per heavy atom. The Morgan fingerprint density at radius 3 is 1.18 bits per heavy atom. The van der Waals surface area contributed by atoms with E-state index >= 15 is 0 Å². The summed E-state index contributed by atoms with van der Waals surface area (Å²) in [5.74, 6) is -3.67. The molecule has 0 spiro atoms. The molecule has 0 aliphatic carbocycles. The number of amides is 8. The Bertz CT molecular complexity index is 2620. The third-order valence-electron chi connectivity index (χ3n) is 17.0. The van der Waals surface area contributed by atoms with Crippen molar-refractivity contribution in [3.63, 3.8) is 0 Å². The van der Waals surface area contributed by atoms with Crippen LogP contribution in [0.2, 0.25) is 0 Å². The van der Waals surface area contributed by atoms with Crippen molar-refractivity contribution in [3.05, 3.63) is 0 Å². The number of carbonyl (C=O) groups excluding carboxylic acids is 8. The van der Waals surface area contributed by atoms with Crippen molar-refractivity contribution in [1.82, 2.24) is 46.6 Å². The molecule has 42 heteroatoms. The van der Waals surface area contributed by atoms with Crippen LogP contribution in [0.3, 0.4) is 0 Å². The van der Waals surface area contributed by atoms with E-state index in [9.17, 15) is 89.2 Å².